The molecule has 0 saturated carbocycles. The van der Waals surface area contributed by atoms with Gasteiger partial charge in [-0.05, 0) is 12.1 Å². The lowest BCUT2D eigenvalue weighted by Crippen LogP contribution is -2.07. The Morgan fingerprint density at radius 1 is 0.536 bits per heavy atom. The summed E-state index contributed by atoms with van der Waals surface area (Å²) in [6.45, 7) is 0. The molecule has 6 heteroatoms. The molecule has 0 aliphatic carbocycles. The van der Waals surface area contributed by atoms with Gasteiger partial charge in [0.15, 0.2) is 0 Å². The lowest BCUT2D eigenvalue weighted by molar-refractivity contribution is 0.379. The molecule has 0 N–H and O–H groups in total. The zero-order valence-corrected chi connectivity index (χ0v) is 14.5. The molecule has 134 valence electrons. The first kappa shape index (κ1) is 16.1. The number of aromatic nitrogens is 2. The summed E-state index contributed by atoms with van der Waals surface area (Å²) in [6.07, 6.45) is 0. The predicted octanol–water partition coefficient (Wildman–Crippen LogP) is 4.02. The van der Waals surface area contributed by atoms with Gasteiger partial charge in [0.25, 0.3) is 0 Å². The van der Waals surface area contributed by atoms with E-state index in [1.807, 2.05) is 60.7 Å². The molecule has 0 bridgehead atoms. The van der Waals surface area contributed by atoms with Crippen LogP contribution in [0.5, 0.6) is 0 Å². The van der Waals surface area contributed by atoms with Gasteiger partial charge in [0.05, 0.1) is 10.8 Å². The summed E-state index contributed by atoms with van der Waals surface area (Å²) >= 11 is 0. The standard InChI is InChI=1S/C22H12N2O4/c25-21-17-12-18-16(20(24-28-22(18)26)14-9-5-2-6-10-14)11-15(17)19(23-27-21)13-7-3-1-4-8-13/h1-12H. The monoisotopic (exact) mass is 368 g/mol. The number of nitrogens with zero attached hydrogens (tertiary/aromatic N) is 2. The van der Waals surface area contributed by atoms with Crippen LogP contribution in [0.2, 0.25) is 0 Å². The number of hydrogen-bond donors (Lipinski definition) is 0. The summed E-state index contributed by atoms with van der Waals surface area (Å²) in [5.74, 6) is 0. The van der Waals surface area contributed by atoms with Crippen LogP contribution in [0, 0.1) is 0 Å². The van der Waals surface area contributed by atoms with Crippen molar-refractivity contribution in [3.8, 4) is 22.5 Å². The molecule has 0 spiro atoms. The summed E-state index contributed by atoms with van der Waals surface area (Å²) in [5, 5.41) is 9.69. The Bertz CT molecular complexity index is 1330. The molecular weight excluding hydrogens is 356 g/mol. The van der Waals surface area contributed by atoms with E-state index >= 15 is 0 Å². The molecule has 0 aliphatic heterocycles. The van der Waals surface area contributed by atoms with E-state index in [2.05, 4.69) is 10.3 Å². The van der Waals surface area contributed by atoms with E-state index in [1.165, 1.54) is 6.07 Å². The third-order valence-corrected chi connectivity index (χ3v) is 4.64. The van der Waals surface area contributed by atoms with Crippen LogP contribution in [-0.2, 0) is 0 Å². The van der Waals surface area contributed by atoms with Gasteiger partial charge in [0.1, 0.15) is 11.4 Å². The predicted molar refractivity (Wildman–Crippen MR) is 105 cm³/mol. The fourth-order valence-electron chi connectivity index (χ4n) is 3.31. The van der Waals surface area contributed by atoms with Crippen LogP contribution in [0.1, 0.15) is 0 Å². The van der Waals surface area contributed by atoms with Crippen molar-refractivity contribution in [3.63, 3.8) is 0 Å². The fourth-order valence-corrected chi connectivity index (χ4v) is 3.31. The Kier molecular flexibility index (Phi) is 3.62. The summed E-state index contributed by atoms with van der Waals surface area (Å²) in [4.78, 5) is 24.6. The van der Waals surface area contributed by atoms with E-state index in [0.29, 0.717) is 22.2 Å². The Morgan fingerprint density at radius 2 is 0.929 bits per heavy atom. The van der Waals surface area contributed by atoms with Crippen LogP contribution in [0.4, 0.5) is 0 Å². The Balaban J connectivity index is 1.94. The maximum absolute atomic E-state index is 12.3. The molecule has 5 rings (SSSR count). The van der Waals surface area contributed by atoms with Gasteiger partial charge >= 0.3 is 11.3 Å². The molecule has 3 aromatic carbocycles. The zero-order chi connectivity index (χ0) is 19.1. The maximum atomic E-state index is 12.3. The van der Waals surface area contributed by atoms with Gasteiger partial charge in [-0.3, -0.25) is 0 Å². The second kappa shape index (κ2) is 6.28. The highest BCUT2D eigenvalue weighted by atomic mass is 16.5. The van der Waals surface area contributed by atoms with Gasteiger partial charge in [0, 0.05) is 21.9 Å². The second-order valence-electron chi connectivity index (χ2n) is 6.31. The van der Waals surface area contributed by atoms with Crippen LogP contribution in [-0.4, -0.2) is 10.3 Å². The normalized spacial score (nSPS) is 11.1. The molecule has 2 heterocycles. The zero-order valence-electron chi connectivity index (χ0n) is 14.5. The van der Waals surface area contributed by atoms with Crippen molar-refractivity contribution in [1.29, 1.82) is 0 Å². The Hall–Kier alpha value is -4.06. The number of fused-ring (bicyclic) bond motifs is 2. The van der Waals surface area contributed by atoms with Crippen molar-refractivity contribution in [2.24, 2.45) is 0 Å². The molecule has 5 aromatic rings. The molecular formula is C22H12N2O4. The highest BCUT2D eigenvalue weighted by Gasteiger charge is 2.17. The minimum atomic E-state index is -0.617. The van der Waals surface area contributed by atoms with E-state index in [0.717, 1.165) is 11.1 Å². The molecule has 0 amide bonds. The lowest BCUT2D eigenvalue weighted by atomic mass is 9.99. The van der Waals surface area contributed by atoms with Gasteiger partial charge in [0.2, 0.25) is 0 Å². The van der Waals surface area contributed by atoms with Crippen molar-refractivity contribution in [3.05, 3.63) is 93.6 Å². The van der Waals surface area contributed by atoms with Gasteiger partial charge in [-0.15, -0.1) is 0 Å². The Morgan fingerprint density at radius 3 is 1.36 bits per heavy atom. The summed E-state index contributed by atoms with van der Waals surface area (Å²) in [7, 11) is 0. The first-order chi connectivity index (χ1) is 13.7. The Labute approximate surface area is 157 Å². The van der Waals surface area contributed by atoms with Crippen molar-refractivity contribution < 1.29 is 9.05 Å². The van der Waals surface area contributed by atoms with Gasteiger partial charge in [-0.25, -0.2) is 9.59 Å². The molecule has 0 fully saturated rings. The van der Waals surface area contributed by atoms with E-state index in [-0.39, 0.29) is 10.8 Å². The minimum absolute atomic E-state index is 0.263. The van der Waals surface area contributed by atoms with Crippen molar-refractivity contribution >= 4 is 21.5 Å². The number of benzene rings is 3. The topological polar surface area (TPSA) is 86.2 Å². The lowest BCUT2D eigenvalue weighted by Gasteiger charge is -2.08. The largest absolute Gasteiger partial charge is 0.366 e. The smallest absolute Gasteiger partial charge is 0.312 e. The highest BCUT2D eigenvalue weighted by molar-refractivity contribution is 6.06. The summed E-state index contributed by atoms with van der Waals surface area (Å²) in [5.41, 5.74) is 1.40. The average molecular weight is 368 g/mol. The van der Waals surface area contributed by atoms with Crippen LogP contribution in [0.25, 0.3) is 44.1 Å². The molecule has 0 aliphatic rings. The molecule has 2 aromatic heterocycles. The maximum Gasteiger partial charge on any atom is 0.366 e. The van der Waals surface area contributed by atoms with Crippen molar-refractivity contribution in [2.45, 2.75) is 0 Å². The quantitative estimate of drug-likeness (QED) is 0.437. The number of rotatable bonds is 2. The summed E-state index contributed by atoms with van der Waals surface area (Å²) in [6, 6.07) is 22.0. The van der Waals surface area contributed by atoms with Crippen molar-refractivity contribution in [1.82, 2.24) is 10.3 Å². The minimum Gasteiger partial charge on any atom is -0.312 e. The second-order valence-corrected chi connectivity index (χ2v) is 6.31. The SMILES string of the molecule is O=c1onc(-c2ccccc2)c2cc3c(-c4ccccc4)noc(=O)c3cc12. The first-order valence-electron chi connectivity index (χ1n) is 8.60. The summed E-state index contributed by atoms with van der Waals surface area (Å²) < 4.78 is 9.95. The molecule has 28 heavy (non-hydrogen) atoms. The third kappa shape index (κ3) is 2.51. The van der Waals surface area contributed by atoms with E-state index < -0.39 is 11.3 Å². The van der Waals surface area contributed by atoms with Gasteiger partial charge in [-0.2, -0.15) is 0 Å². The molecule has 0 radical (unpaired) electrons. The molecule has 0 saturated heterocycles. The van der Waals surface area contributed by atoms with Crippen molar-refractivity contribution in [2.75, 3.05) is 0 Å². The van der Waals surface area contributed by atoms with E-state index in [1.54, 1.807) is 6.07 Å². The van der Waals surface area contributed by atoms with E-state index in [9.17, 15) is 9.59 Å². The third-order valence-electron chi connectivity index (χ3n) is 4.64. The number of hydrogen-bond acceptors (Lipinski definition) is 6. The molecule has 0 unspecified atom stereocenters. The van der Waals surface area contributed by atoms with E-state index in [4.69, 9.17) is 9.05 Å². The molecule has 6 nitrogen and oxygen atoms in total. The highest BCUT2D eigenvalue weighted by Crippen LogP contribution is 2.31. The average Bonchev–Trinajstić information content (AvgIpc) is 2.75. The van der Waals surface area contributed by atoms with Crippen LogP contribution < -0.4 is 11.3 Å². The molecule has 0 atom stereocenters. The fraction of sp³-hybridized carbons (Fsp3) is 0. The van der Waals surface area contributed by atoms with Gasteiger partial charge < -0.3 is 9.05 Å². The van der Waals surface area contributed by atoms with Crippen LogP contribution in [0.3, 0.4) is 0 Å². The first-order valence-corrected chi connectivity index (χ1v) is 8.60. The van der Waals surface area contributed by atoms with Crippen LogP contribution >= 0.6 is 0 Å². The van der Waals surface area contributed by atoms with Gasteiger partial charge in [-0.1, -0.05) is 71.0 Å². The van der Waals surface area contributed by atoms with Crippen LogP contribution in [0.15, 0.2) is 91.4 Å².